The molecule has 0 fully saturated rings. The number of hydrogen-bond donors (Lipinski definition) is 0. The predicted molar refractivity (Wildman–Crippen MR) is 63.8 cm³/mol. The molecule has 1 aromatic rings. The predicted octanol–water partition coefficient (Wildman–Crippen LogP) is 2.99. The van der Waals surface area contributed by atoms with Gasteiger partial charge in [0, 0.05) is 5.54 Å². The second-order valence-corrected chi connectivity index (χ2v) is 5.14. The number of hydrogen-bond acceptors (Lipinski definition) is 2. The second-order valence-electron chi connectivity index (χ2n) is 5.14. The van der Waals surface area contributed by atoms with Crippen molar-refractivity contribution in [3.63, 3.8) is 0 Å². The molecule has 0 amide bonds. The minimum absolute atomic E-state index is 0.161. The van der Waals surface area contributed by atoms with Crippen molar-refractivity contribution in [1.82, 2.24) is 0 Å². The van der Waals surface area contributed by atoms with Crippen LogP contribution in [0.2, 0.25) is 0 Å². The lowest BCUT2D eigenvalue weighted by Gasteiger charge is -2.41. The Balaban J connectivity index is 2.43. The third-order valence-electron chi connectivity index (χ3n) is 2.79. The van der Waals surface area contributed by atoms with Crippen LogP contribution in [0, 0.1) is 6.92 Å². The van der Waals surface area contributed by atoms with Gasteiger partial charge in [0.25, 0.3) is 0 Å². The molecule has 0 bridgehead atoms. The normalized spacial score (nSPS) is 15.9. The number of benzene rings is 1. The molecule has 1 aliphatic heterocycles. The summed E-state index contributed by atoms with van der Waals surface area (Å²) < 4.78 is 5.69. The van der Waals surface area contributed by atoms with Gasteiger partial charge in [-0.15, -0.1) is 0 Å². The van der Waals surface area contributed by atoms with Crippen LogP contribution in [0.5, 0.6) is 5.75 Å². The van der Waals surface area contributed by atoms with Gasteiger partial charge in [0.15, 0.2) is 0 Å². The molecule has 0 N–H and O–H groups in total. The lowest BCUT2D eigenvalue weighted by molar-refractivity contribution is 0.289. The van der Waals surface area contributed by atoms with Crippen molar-refractivity contribution in [3.8, 4) is 5.75 Å². The fraction of sp³-hybridized carbons (Fsp3) is 0.538. The van der Waals surface area contributed by atoms with Crippen LogP contribution in [0.25, 0.3) is 0 Å². The molecule has 82 valence electrons. The molecule has 0 spiro atoms. The highest BCUT2D eigenvalue weighted by atomic mass is 16.5. The van der Waals surface area contributed by atoms with Crippen LogP contribution in [0.15, 0.2) is 18.2 Å². The highest BCUT2D eigenvalue weighted by molar-refractivity contribution is 5.62. The minimum Gasteiger partial charge on any atom is -0.490 e. The van der Waals surface area contributed by atoms with Gasteiger partial charge in [-0.1, -0.05) is 6.07 Å². The highest BCUT2D eigenvalue weighted by Gasteiger charge is 2.27. The number of ether oxygens (including phenoxy) is 1. The summed E-state index contributed by atoms with van der Waals surface area (Å²) in [5, 5.41) is 0. The Morgan fingerprint density at radius 1 is 1.27 bits per heavy atom. The molecule has 1 heterocycles. The summed E-state index contributed by atoms with van der Waals surface area (Å²) in [6, 6.07) is 6.43. The minimum atomic E-state index is 0.161. The number of fused-ring (bicyclic) bond motifs is 1. The largest absolute Gasteiger partial charge is 0.490 e. The Kier molecular flexibility index (Phi) is 2.37. The number of nitrogens with zero attached hydrogens (tertiary/aromatic N) is 1. The molecule has 0 aromatic heterocycles. The lowest BCUT2D eigenvalue weighted by atomic mass is 10.0. The number of aryl methyl sites for hydroxylation is 1. The second kappa shape index (κ2) is 3.44. The van der Waals surface area contributed by atoms with Gasteiger partial charge in [-0.25, -0.2) is 0 Å². The van der Waals surface area contributed by atoms with Gasteiger partial charge >= 0.3 is 0 Å². The van der Waals surface area contributed by atoms with Crippen LogP contribution in [0.4, 0.5) is 5.69 Å². The molecule has 1 aliphatic rings. The van der Waals surface area contributed by atoms with E-state index in [9.17, 15) is 0 Å². The van der Waals surface area contributed by atoms with Crippen molar-refractivity contribution >= 4 is 5.69 Å². The van der Waals surface area contributed by atoms with E-state index >= 15 is 0 Å². The Morgan fingerprint density at radius 3 is 2.67 bits per heavy atom. The summed E-state index contributed by atoms with van der Waals surface area (Å²) in [6.45, 7) is 10.6. The fourth-order valence-corrected chi connectivity index (χ4v) is 2.02. The van der Waals surface area contributed by atoms with Crippen LogP contribution >= 0.6 is 0 Å². The maximum absolute atomic E-state index is 5.69. The van der Waals surface area contributed by atoms with Crippen LogP contribution in [0.3, 0.4) is 0 Å². The molecule has 1 aromatic carbocycles. The van der Waals surface area contributed by atoms with E-state index in [2.05, 4.69) is 50.8 Å². The van der Waals surface area contributed by atoms with E-state index in [0.29, 0.717) is 0 Å². The molecule has 0 aliphatic carbocycles. The molecule has 0 radical (unpaired) electrons. The average Bonchev–Trinajstić information content (AvgIpc) is 2.15. The molecule has 2 rings (SSSR count). The van der Waals surface area contributed by atoms with E-state index in [4.69, 9.17) is 4.74 Å². The third kappa shape index (κ3) is 1.94. The first-order valence-electron chi connectivity index (χ1n) is 5.49. The SMILES string of the molecule is Cc1ccc2c(c1)OCCN2C(C)(C)C. The standard InChI is InChI=1S/C13H19NO/c1-10-5-6-11-12(9-10)15-8-7-14(11)13(2,3)4/h5-6,9H,7-8H2,1-4H3. The topological polar surface area (TPSA) is 12.5 Å². The Hall–Kier alpha value is -1.18. The summed E-state index contributed by atoms with van der Waals surface area (Å²) in [4.78, 5) is 2.41. The first-order chi connectivity index (χ1) is 6.98. The van der Waals surface area contributed by atoms with Crippen LogP contribution in [-0.4, -0.2) is 18.7 Å². The maximum Gasteiger partial charge on any atom is 0.142 e. The van der Waals surface area contributed by atoms with Gasteiger partial charge < -0.3 is 9.64 Å². The molecule has 0 saturated carbocycles. The zero-order valence-electron chi connectivity index (χ0n) is 10.0. The van der Waals surface area contributed by atoms with Crippen molar-refractivity contribution < 1.29 is 4.74 Å². The zero-order chi connectivity index (χ0) is 11.1. The fourth-order valence-electron chi connectivity index (χ4n) is 2.02. The van der Waals surface area contributed by atoms with Crippen molar-refractivity contribution in [3.05, 3.63) is 23.8 Å². The molecule has 0 atom stereocenters. The van der Waals surface area contributed by atoms with Crippen molar-refractivity contribution in [2.45, 2.75) is 33.2 Å². The molecular weight excluding hydrogens is 186 g/mol. The first-order valence-corrected chi connectivity index (χ1v) is 5.49. The summed E-state index contributed by atoms with van der Waals surface area (Å²) in [5.41, 5.74) is 2.64. The zero-order valence-corrected chi connectivity index (χ0v) is 10.0. The van der Waals surface area contributed by atoms with E-state index in [1.807, 2.05) is 0 Å². The molecule has 15 heavy (non-hydrogen) atoms. The van der Waals surface area contributed by atoms with E-state index < -0.39 is 0 Å². The number of rotatable bonds is 0. The van der Waals surface area contributed by atoms with E-state index in [1.165, 1.54) is 11.3 Å². The van der Waals surface area contributed by atoms with E-state index in [0.717, 1.165) is 18.9 Å². The highest BCUT2D eigenvalue weighted by Crippen LogP contribution is 2.36. The van der Waals surface area contributed by atoms with Gasteiger partial charge in [-0.05, 0) is 45.4 Å². The quantitative estimate of drug-likeness (QED) is 0.645. The van der Waals surface area contributed by atoms with Crippen molar-refractivity contribution in [1.29, 1.82) is 0 Å². The molecule has 0 saturated heterocycles. The van der Waals surface area contributed by atoms with Crippen molar-refractivity contribution in [2.75, 3.05) is 18.1 Å². The Morgan fingerprint density at radius 2 is 2.00 bits per heavy atom. The van der Waals surface area contributed by atoms with E-state index in [1.54, 1.807) is 0 Å². The van der Waals surface area contributed by atoms with Crippen molar-refractivity contribution in [2.24, 2.45) is 0 Å². The Bertz CT molecular complexity index is 365. The van der Waals surface area contributed by atoms with Gasteiger partial charge in [-0.3, -0.25) is 0 Å². The summed E-state index contributed by atoms with van der Waals surface area (Å²) >= 11 is 0. The maximum atomic E-state index is 5.69. The Labute approximate surface area is 91.9 Å². The van der Waals surface area contributed by atoms with Gasteiger partial charge in [0.2, 0.25) is 0 Å². The molecule has 0 unspecified atom stereocenters. The molecule has 2 nitrogen and oxygen atoms in total. The van der Waals surface area contributed by atoms with Crippen LogP contribution in [0.1, 0.15) is 26.3 Å². The number of anilines is 1. The van der Waals surface area contributed by atoms with E-state index in [-0.39, 0.29) is 5.54 Å². The summed E-state index contributed by atoms with van der Waals surface area (Å²) in [6.07, 6.45) is 0. The average molecular weight is 205 g/mol. The smallest absolute Gasteiger partial charge is 0.142 e. The van der Waals surface area contributed by atoms with Gasteiger partial charge in [-0.2, -0.15) is 0 Å². The van der Waals surface area contributed by atoms with Gasteiger partial charge in [0.1, 0.15) is 12.4 Å². The van der Waals surface area contributed by atoms with Crippen LogP contribution < -0.4 is 9.64 Å². The first kappa shape index (κ1) is 10.3. The lowest BCUT2D eigenvalue weighted by Crippen LogP contribution is -2.46. The molecular formula is C13H19NO. The van der Waals surface area contributed by atoms with Crippen LogP contribution in [-0.2, 0) is 0 Å². The monoisotopic (exact) mass is 205 g/mol. The summed E-state index contributed by atoms with van der Waals surface area (Å²) in [5.74, 6) is 1.02. The summed E-state index contributed by atoms with van der Waals surface area (Å²) in [7, 11) is 0. The third-order valence-corrected chi connectivity index (χ3v) is 2.79. The van der Waals surface area contributed by atoms with Gasteiger partial charge in [0.05, 0.1) is 12.2 Å². The molecule has 2 heteroatoms.